The molecule has 25 heavy (non-hydrogen) atoms. The van der Waals surface area contributed by atoms with E-state index in [-0.39, 0.29) is 29.1 Å². The molecule has 0 amide bonds. The van der Waals surface area contributed by atoms with Crippen LogP contribution >= 0.6 is 0 Å². The first-order chi connectivity index (χ1) is 12.1. The van der Waals surface area contributed by atoms with Crippen molar-refractivity contribution in [2.45, 2.75) is 11.8 Å². The van der Waals surface area contributed by atoms with Crippen LogP contribution in [0.4, 0.5) is 0 Å². The van der Waals surface area contributed by atoms with Crippen molar-refractivity contribution in [3.63, 3.8) is 0 Å². The molecule has 0 fully saturated rings. The van der Waals surface area contributed by atoms with Crippen LogP contribution in [-0.2, 0) is 0 Å². The maximum absolute atomic E-state index is 10.4. The predicted octanol–water partition coefficient (Wildman–Crippen LogP) is 4.11. The largest absolute Gasteiger partial charge is 0.508 e. The lowest BCUT2D eigenvalue weighted by molar-refractivity contribution is 0.246. The van der Waals surface area contributed by atoms with Gasteiger partial charge in [-0.2, -0.15) is 0 Å². The molecule has 0 unspecified atom stereocenters. The molecule has 0 bridgehead atoms. The number of hydrogen-bond donors (Lipinski definition) is 3. The summed E-state index contributed by atoms with van der Waals surface area (Å²) < 4.78 is 5.89. The summed E-state index contributed by atoms with van der Waals surface area (Å²) in [5.74, 6) is 1.09. The van der Waals surface area contributed by atoms with Gasteiger partial charge in [-0.3, -0.25) is 0 Å². The van der Waals surface area contributed by atoms with E-state index < -0.39 is 0 Å². The molecule has 1 aliphatic rings. The van der Waals surface area contributed by atoms with Crippen molar-refractivity contribution >= 4 is 0 Å². The Bertz CT molecular complexity index is 902. The summed E-state index contributed by atoms with van der Waals surface area (Å²) in [6.07, 6.45) is 0. The molecule has 0 aromatic heterocycles. The first kappa shape index (κ1) is 15.4. The lowest BCUT2D eigenvalue weighted by Gasteiger charge is -2.34. The van der Waals surface area contributed by atoms with Crippen molar-refractivity contribution in [2.75, 3.05) is 6.61 Å². The minimum Gasteiger partial charge on any atom is -0.508 e. The normalized spacial score (nSPS) is 19.0. The van der Waals surface area contributed by atoms with E-state index in [0.717, 1.165) is 16.7 Å². The number of phenols is 3. The highest BCUT2D eigenvalue weighted by Crippen LogP contribution is 2.48. The summed E-state index contributed by atoms with van der Waals surface area (Å²) in [5, 5.41) is 29.7. The molecular formula is C21H18O4. The van der Waals surface area contributed by atoms with Crippen LogP contribution in [0.3, 0.4) is 0 Å². The lowest BCUT2D eigenvalue weighted by Crippen LogP contribution is -2.25. The maximum atomic E-state index is 10.4. The minimum absolute atomic E-state index is 0.0223. The van der Waals surface area contributed by atoms with Crippen LogP contribution in [0.15, 0.2) is 66.7 Å². The number of fused-ring (bicyclic) bond motifs is 1. The summed E-state index contributed by atoms with van der Waals surface area (Å²) >= 11 is 0. The van der Waals surface area contributed by atoms with E-state index in [2.05, 4.69) is 0 Å². The average Bonchev–Trinajstić information content (AvgIpc) is 2.62. The molecule has 0 saturated carbocycles. The number of ether oxygens (including phenoxy) is 1. The number of aromatic hydroxyl groups is 3. The van der Waals surface area contributed by atoms with Gasteiger partial charge in [0, 0.05) is 29.0 Å². The summed E-state index contributed by atoms with van der Waals surface area (Å²) in [7, 11) is 0. The fourth-order valence-corrected chi connectivity index (χ4v) is 3.54. The van der Waals surface area contributed by atoms with Gasteiger partial charge in [-0.1, -0.05) is 36.4 Å². The summed E-state index contributed by atoms with van der Waals surface area (Å²) in [5.41, 5.74) is 2.75. The molecule has 3 aromatic rings. The zero-order valence-corrected chi connectivity index (χ0v) is 13.5. The lowest BCUT2D eigenvalue weighted by atomic mass is 9.75. The molecule has 3 aromatic carbocycles. The fraction of sp³-hybridized carbons (Fsp3) is 0.143. The molecule has 4 heteroatoms. The van der Waals surface area contributed by atoms with Gasteiger partial charge in [-0.25, -0.2) is 0 Å². The highest BCUT2D eigenvalue weighted by molar-refractivity contribution is 5.53. The van der Waals surface area contributed by atoms with Gasteiger partial charge in [0.2, 0.25) is 0 Å². The van der Waals surface area contributed by atoms with Crippen LogP contribution < -0.4 is 4.74 Å². The quantitative estimate of drug-likeness (QED) is 0.659. The van der Waals surface area contributed by atoms with E-state index in [9.17, 15) is 15.3 Å². The van der Waals surface area contributed by atoms with Gasteiger partial charge in [-0.15, -0.1) is 0 Å². The molecule has 2 atom stereocenters. The second-order valence-electron chi connectivity index (χ2n) is 6.27. The van der Waals surface area contributed by atoms with Crippen LogP contribution in [0.25, 0.3) is 0 Å². The van der Waals surface area contributed by atoms with Gasteiger partial charge in [0.1, 0.15) is 23.0 Å². The van der Waals surface area contributed by atoms with Crippen molar-refractivity contribution in [2.24, 2.45) is 0 Å². The molecule has 4 nitrogen and oxygen atoms in total. The Morgan fingerprint density at radius 3 is 2.24 bits per heavy atom. The second-order valence-corrected chi connectivity index (χ2v) is 6.27. The third-order valence-electron chi connectivity index (χ3n) is 4.75. The predicted molar refractivity (Wildman–Crippen MR) is 94.4 cm³/mol. The maximum Gasteiger partial charge on any atom is 0.126 e. The first-order valence-corrected chi connectivity index (χ1v) is 8.16. The van der Waals surface area contributed by atoms with E-state index in [1.807, 2.05) is 30.3 Å². The number of rotatable bonds is 2. The number of hydrogen-bond acceptors (Lipinski definition) is 4. The van der Waals surface area contributed by atoms with Crippen LogP contribution in [0.1, 0.15) is 28.5 Å². The Hall–Kier alpha value is -3.14. The SMILES string of the molecule is Oc1ccc([C@H]2COc3cc(O)ccc3[C@H]2c2ccccc2O)cc1. The van der Waals surface area contributed by atoms with Crippen molar-refractivity contribution < 1.29 is 20.1 Å². The Morgan fingerprint density at radius 2 is 1.48 bits per heavy atom. The van der Waals surface area contributed by atoms with Crippen molar-refractivity contribution in [3.05, 3.63) is 83.4 Å². The Kier molecular flexibility index (Phi) is 3.73. The molecular weight excluding hydrogens is 316 g/mol. The number of phenolic OH excluding ortho intramolecular Hbond substituents is 3. The third kappa shape index (κ3) is 2.76. The third-order valence-corrected chi connectivity index (χ3v) is 4.75. The molecule has 0 radical (unpaired) electrons. The van der Waals surface area contributed by atoms with Crippen LogP contribution in [0.2, 0.25) is 0 Å². The van der Waals surface area contributed by atoms with Crippen LogP contribution in [0, 0.1) is 0 Å². The summed E-state index contributed by atoms with van der Waals surface area (Å²) in [6, 6.07) is 19.4. The molecule has 0 spiro atoms. The number of para-hydroxylation sites is 1. The van der Waals surface area contributed by atoms with Gasteiger partial charge < -0.3 is 20.1 Å². The molecule has 126 valence electrons. The molecule has 0 aliphatic carbocycles. The van der Waals surface area contributed by atoms with E-state index >= 15 is 0 Å². The first-order valence-electron chi connectivity index (χ1n) is 8.16. The van der Waals surface area contributed by atoms with Crippen LogP contribution in [0.5, 0.6) is 23.0 Å². The monoisotopic (exact) mass is 334 g/mol. The fourth-order valence-electron chi connectivity index (χ4n) is 3.54. The smallest absolute Gasteiger partial charge is 0.126 e. The highest BCUT2D eigenvalue weighted by Gasteiger charge is 2.34. The van der Waals surface area contributed by atoms with E-state index in [1.165, 1.54) is 0 Å². The average molecular weight is 334 g/mol. The summed E-state index contributed by atoms with van der Waals surface area (Å²) in [6.45, 7) is 0.417. The van der Waals surface area contributed by atoms with Crippen molar-refractivity contribution in [1.82, 2.24) is 0 Å². The Morgan fingerprint density at radius 1 is 0.760 bits per heavy atom. The van der Waals surface area contributed by atoms with E-state index in [1.54, 1.807) is 36.4 Å². The van der Waals surface area contributed by atoms with Gasteiger partial charge >= 0.3 is 0 Å². The van der Waals surface area contributed by atoms with Gasteiger partial charge in [0.25, 0.3) is 0 Å². The number of benzene rings is 3. The highest BCUT2D eigenvalue weighted by atomic mass is 16.5. The summed E-state index contributed by atoms with van der Waals surface area (Å²) in [4.78, 5) is 0. The molecule has 4 rings (SSSR count). The zero-order valence-electron chi connectivity index (χ0n) is 13.5. The van der Waals surface area contributed by atoms with Crippen molar-refractivity contribution in [1.29, 1.82) is 0 Å². The topological polar surface area (TPSA) is 69.9 Å². The van der Waals surface area contributed by atoms with Gasteiger partial charge in [-0.05, 0) is 29.8 Å². The Labute approximate surface area is 145 Å². The Balaban J connectivity index is 1.88. The van der Waals surface area contributed by atoms with Crippen molar-refractivity contribution in [3.8, 4) is 23.0 Å². The van der Waals surface area contributed by atoms with Gasteiger partial charge in [0.05, 0.1) is 6.61 Å². The second kappa shape index (κ2) is 6.06. The van der Waals surface area contributed by atoms with E-state index in [4.69, 9.17) is 4.74 Å². The van der Waals surface area contributed by atoms with Crippen LogP contribution in [-0.4, -0.2) is 21.9 Å². The molecule has 3 N–H and O–H groups in total. The molecule has 1 aliphatic heterocycles. The van der Waals surface area contributed by atoms with Gasteiger partial charge in [0.15, 0.2) is 0 Å². The molecule has 0 saturated heterocycles. The minimum atomic E-state index is -0.116. The molecule has 1 heterocycles. The standard InChI is InChI=1S/C21H18O4/c22-14-7-5-13(6-8-14)18-12-25-20-11-15(23)9-10-17(20)21(18)16-3-1-2-4-19(16)24/h1-11,18,21-24H,12H2/t18-,21-/m1/s1. The van der Waals surface area contributed by atoms with E-state index in [0.29, 0.717) is 12.4 Å². The zero-order chi connectivity index (χ0) is 17.4.